The molecule has 0 saturated carbocycles. The number of rotatable bonds is 7. The molecule has 0 spiro atoms. The topological polar surface area (TPSA) is 103 Å². The van der Waals surface area contributed by atoms with Gasteiger partial charge >= 0.3 is 6.03 Å². The summed E-state index contributed by atoms with van der Waals surface area (Å²) in [5, 5.41) is 5.04. The minimum Gasteiger partial charge on any atom is -0.372 e. The molecule has 1 aliphatic heterocycles. The van der Waals surface area contributed by atoms with E-state index in [0.29, 0.717) is 24.5 Å². The molecule has 28 heavy (non-hydrogen) atoms. The van der Waals surface area contributed by atoms with E-state index >= 15 is 0 Å². The summed E-state index contributed by atoms with van der Waals surface area (Å²) in [5.41, 5.74) is 0.771. The van der Waals surface area contributed by atoms with Gasteiger partial charge < -0.3 is 20.3 Å². The average molecular weight is 418 g/mol. The summed E-state index contributed by atoms with van der Waals surface area (Å²) in [6, 6.07) is 3.96. The van der Waals surface area contributed by atoms with Gasteiger partial charge in [-0.25, -0.2) is 13.9 Å². The molecule has 1 aromatic carbocycles. The van der Waals surface area contributed by atoms with Crippen molar-refractivity contribution in [2.75, 3.05) is 50.5 Å². The number of carbonyl (C=O) groups excluding carboxylic acids is 1. The zero-order valence-electron chi connectivity index (χ0n) is 16.5. The lowest BCUT2D eigenvalue weighted by atomic mass is 10.2. The summed E-state index contributed by atoms with van der Waals surface area (Å²) < 4.78 is 46.6. The Bertz CT molecular complexity index is 780. The average Bonchev–Trinajstić information content (AvgIpc) is 2.58. The van der Waals surface area contributed by atoms with E-state index in [0.717, 1.165) is 4.31 Å². The molecule has 0 radical (unpaired) electrons. The first-order chi connectivity index (χ1) is 13.1. The Hall–Kier alpha value is -1.95. The Balaban J connectivity index is 1.86. The maximum absolute atomic E-state index is 14.5. The lowest BCUT2D eigenvalue weighted by Gasteiger charge is -2.37. The van der Waals surface area contributed by atoms with Crippen LogP contribution in [0.1, 0.15) is 13.8 Å². The molecule has 3 N–H and O–H groups in total. The van der Waals surface area contributed by atoms with Crippen LogP contribution < -0.4 is 20.3 Å². The van der Waals surface area contributed by atoms with E-state index in [9.17, 15) is 17.6 Å². The molecule has 2 amide bonds. The van der Waals surface area contributed by atoms with E-state index in [-0.39, 0.29) is 25.3 Å². The molecular formula is C17H28FN5O4S. The molecule has 0 unspecified atom stereocenters. The summed E-state index contributed by atoms with van der Waals surface area (Å²) in [6.07, 6.45) is 0.0216. The zero-order valence-corrected chi connectivity index (χ0v) is 17.3. The number of nitrogens with zero attached hydrogens (tertiary/aromatic N) is 2. The van der Waals surface area contributed by atoms with Crippen LogP contribution in [0.4, 0.5) is 20.6 Å². The lowest BCUT2D eigenvalue weighted by Crippen LogP contribution is -2.45. The van der Waals surface area contributed by atoms with Crippen LogP contribution in [0.15, 0.2) is 18.2 Å². The number of ether oxygens (including phenoxy) is 1. The summed E-state index contributed by atoms with van der Waals surface area (Å²) in [6.45, 7) is 5.20. The van der Waals surface area contributed by atoms with Gasteiger partial charge in [-0.15, -0.1) is 0 Å². The Morgan fingerprint density at radius 2 is 1.89 bits per heavy atom. The van der Waals surface area contributed by atoms with Gasteiger partial charge in [0.15, 0.2) is 0 Å². The molecule has 1 aromatic rings. The number of benzene rings is 1. The monoisotopic (exact) mass is 417 g/mol. The fourth-order valence-corrected chi connectivity index (χ4v) is 3.49. The number of hydrogen-bond donors (Lipinski definition) is 3. The van der Waals surface area contributed by atoms with Gasteiger partial charge in [0.1, 0.15) is 5.82 Å². The molecule has 11 heteroatoms. The summed E-state index contributed by atoms with van der Waals surface area (Å²) in [5.74, 6) is -0.433. The van der Waals surface area contributed by atoms with Gasteiger partial charge in [0.25, 0.3) is 10.2 Å². The highest BCUT2D eigenvalue weighted by Crippen LogP contribution is 2.26. The number of morpholine rings is 1. The first-order valence-corrected chi connectivity index (χ1v) is 10.4. The highest BCUT2D eigenvalue weighted by molar-refractivity contribution is 7.87. The molecule has 0 aromatic heterocycles. The molecule has 1 saturated heterocycles. The summed E-state index contributed by atoms with van der Waals surface area (Å²) in [7, 11) is -0.732. The second kappa shape index (κ2) is 9.50. The molecule has 0 bridgehead atoms. The Morgan fingerprint density at radius 1 is 1.25 bits per heavy atom. The second-order valence-electron chi connectivity index (χ2n) is 6.89. The molecule has 158 valence electrons. The number of hydrogen-bond acceptors (Lipinski definition) is 5. The third-order valence-corrected chi connectivity index (χ3v) is 5.67. The molecule has 9 nitrogen and oxygen atoms in total. The van der Waals surface area contributed by atoms with E-state index in [1.807, 2.05) is 18.7 Å². The molecule has 1 heterocycles. The van der Waals surface area contributed by atoms with E-state index in [2.05, 4.69) is 15.4 Å². The minimum absolute atomic E-state index is 0.0108. The molecule has 1 aliphatic rings. The fourth-order valence-electron chi connectivity index (χ4n) is 2.88. The SMILES string of the molecule is C[C@H]1CN(c2ccc(NC(=O)NCCNS(=O)(=O)N(C)C)cc2F)C[C@H](C)O1. The van der Waals surface area contributed by atoms with Crippen LogP contribution in [0, 0.1) is 5.82 Å². The van der Waals surface area contributed by atoms with Gasteiger partial charge in [-0.05, 0) is 32.0 Å². The third-order valence-electron chi connectivity index (χ3n) is 4.14. The van der Waals surface area contributed by atoms with Crippen LogP contribution in [0.2, 0.25) is 0 Å². The van der Waals surface area contributed by atoms with E-state index in [1.165, 1.54) is 20.2 Å². The predicted molar refractivity (Wildman–Crippen MR) is 106 cm³/mol. The molecular weight excluding hydrogens is 389 g/mol. The highest BCUT2D eigenvalue weighted by Gasteiger charge is 2.24. The van der Waals surface area contributed by atoms with Crippen LogP contribution in [0.5, 0.6) is 0 Å². The van der Waals surface area contributed by atoms with Crippen molar-refractivity contribution >= 4 is 27.6 Å². The second-order valence-corrected chi connectivity index (χ2v) is 8.86. The first kappa shape index (κ1) is 22.3. The standard InChI is InChI=1S/C17H28FN5O4S/c1-12-10-23(11-13(2)27-12)16-6-5-14(9-15(16)18)21-17(24)19-7-8-20-28(25,26)22(3)4/h5-6,9,12-13,20H,7-8,10-11H2,1-4H3,(H2,19,21,24)/t12-,13-/m0/s1. The molecule has 2 rings (SSSR count). The Labute approximate surface area is 165 Å². The molecule has 0 aliphatic carbocycles. The summed E-state index contributed by atoms with van der Waals surface area (Å²) >= 11 is 0. The number of nitrogens with one attached hydrogen (secondary N) is 3. The molecule has 1 fully saturated rings. The van der Waals surface area contributed by atoms with Gasteiger partial charge in [-0.2, -0.15) is 12.7 Å². The number of carbonyl (C=O) groups is 1. The van der Waals surface area contributed by atoms with Crippen molar-refractivity contribution in [3.63, 3.8) is 0 Å². The fraction of sp³-hybridized carbons (Fsp3) is 0.588. The maximum atomic E-state index is 14.5. The lowest BCUT2D eigenvalue weighted by molar-refractivity contribution is -0.00539. The Morgan fingerprint density at radius 3 is 2.46 bits per heavy atom. The van der Waals surface area contributed by atoms with Gasteiger partial charge in [0.05, 0.1) is 17.9 Å². The van der Waals surface area contributed by atoms with Gasteiger partial charge in [0, 0.05) is 46.0 Å². The quantitative estimate of drug-likeness (QED) is 0.574. The third kappa shape index (κ3) is 6.30. The van der Waals surface area contributed by atoms with Gasteiger partial charge in [0.2, 0.25) is 0 Å². The van der Waals surface area contributed by atoms with Gasteiger partial charge in [-0.3, -0.25) is 0 Å². The normalized spacial score (nSPS) is 20.3. The van der Waals surface area contributed by atoms with Crippen LogP contribution >= 0.6 is 0 Å². The van der Waals surface area contributed by atoms with Crippen molar-refractivity contribution in [1.29, 1.82) is 0 Å². The first-order valence-electron chi connectivity index (χ1n) is 9.00. The van der Waals surface area contributed by atoms with E-state index < -0.39 is 22.1 Å². The van der Waals surface area contributed by atoms with Gasteiger partial charge in [-0.1, -0.05) is 0 Å². The van der Waals surface area contributed by atoms with Crippen LogP contribution in [0.3, 0.4) is 0 Å². The smallest absolute Gasteiger partial charge is 0.319 e. The number of amides is 2. The summed E-state index contributed by atoms with van der Waals surface area (Å²) in [4.78, 5) is 13.8. The van der Waals surface area contributed by atoms with Crippen molar-refractivity contribution in [3.8, 4) is 0 Å². The number of urea groups is 1. The van der Waals surface area contributed by atoms with Crippen LogP contribution in [0.25, 0.3) is 0 Å². The minimum atomic E-state index is -3.54. The van der Waals surface area contributed by atoms with Crippen molar-refractivity contribution in [2.45, 2.75) is 26.1 Å². The highest BCUT2D eigenvalue weighted by atomic mass is 32.2. The van der Waals surface area contributed by atoms with Crippen molar-refractivity contribution in [2.24, 2.45) is 0 Å². The van der Waals surface area contributed by atoms with Crippen molar-refractivity contribution in [3.05, 3.63) is 24.0 Å². The van der Waals surface area contributed by atoms with E-state index in [4.69, 9.17) is 4.74 Å². The molecule has 2 atom stereocenters. The largest absolute Gasteiger partial charge is 0.372 e. The van der Waals surface area contributed by atoms with Crippen LogP contribution in [-0.4, -0.2) is 71.2 Å². The van der Waals surface area contributed by atoms with Crippen molar-refractivity contribution < 1.29 is 22.3 Å². The van der Waals surface area contributed by atoms with Crippen LogP contribution in [-0.2, 0) is 14.9 Å². The zero-order chi connectivity index (χ0) is 20.9. The Kier molecular flexibility index (Phi) is 7.58. The van der Waals surface area contributed by atoms with Crippen molar-refractivity contribution in [1.82, 2.24) is 14.3 Å². The number of halogens is 1. The maximum Gasteiger partial charge on any atom is 0.319 e. The predicted octanol–water partition coefficient (Wildman–Crippen LogP) is 0.957. The number of anilines is 2. The van der Waals surface area contributed by atoms with E-state index in [1.54, 1.807) is 12.1 Å².